The summed E-state index contributed by atoms with van der Waals surface area (Å²) in [6, 6.07) is 6.44. The summed E-state index contributed by atoms with van der Waals surface area (Å²) in [6.45, 7) is 4.69. The highest BCUT2D eigenvalue weighted by Gasteiger charge is 2.30. The largest absolute Gasteiger partial charge is 0.373 e. The summed E-state index contributed by atoms with van der Waals surface area (Å²) in [4.78, 5) is 4.01. The van der Waals surface area contributed by atoms with E-state index in [0.717, 1.165) is 31.8 Å². The van der Waals surface area contributed by atoms with Gasteiger partial charge in [0.15, 0.2) is 0 Å². The molecule has 0 radical (unpaired) electrons. The highest BCUT2D eigenvalue weighted by molar-refractivity contribution is 5.41. The molecule has 1 saturated heterocycles. The monoisotopic (exact) mass is 352 g/mol. The van der Waals surface area contributed by atoms with Crippen molar-refractivity contribution in [1.29, 1.82) is 0 Å². The number of rotatable bonds is 6. The molecule has 1 aromatic carbocycles. The van der Waals surface area contributed by atoms with E-state index in [1.54, 1.807) is 17.3 Å². The third kappa shape index (κ3) is 3.54. The van der Waals surface area contributed by atoms with Crippen molar-refractivity contribution in [2.45, 2.75) is 26.0 Å². The van der Waals surface area contributed by atoms with Crippen LogP contribution in [0.15, 0.2) is 43.2 Å². The van der Waals surface area contributed by atoms with E-state index in [1.165, 1.54) is 16.7 Å². The van der Waals surface area contributed by atoms with Crippen LogP contribution in [0.2, 0.25) is 0 Å². The molecular weight excluding hydrogens is 328 g/mol. The van der Waals surface area contributed by atoms with Crippen LogP contribution in [-0.2, 0) is 18.3 Å². The Labute approximate surface area is 153 Å². The van der Waals surface area contributed by atoms with Gasteiger partial charge >= 0.3 is 0 Å². The van der Waals surface area contributed by atoms with Gasteiger partial charge in [-0.05, 0) is 30.5 Å². The highest BCUT2D eigenvalue weighted by atomic mass is 16.5. The number of aromatic nitrogens is 5. The Balaban J connectivity index is 1.35. The minimum Gasteiger partial charge on any atom is -0.373 e. The first kappa shape index (κ1) is 16.9. The van der Waals surface area contributed by atoms with E-state index in [4.69, 9.17) is 4.74 Å². The van der Waals surface area contributed by atoms with Gasteiger partial charge in [-0.2, -0.15) is 10.2 Å². The van der Waals surface area contributed by atoms with Gasteiger partial charge in [0.05, 0.1) is 18.0 Å². The molecule has 26 heavy (non-hydrogen) atoms. The maximum Gasteiger partial charge on any atom is 0.138 e. The highest BCUT2D eigenvalue weighted by Crippen LogP contribution is 2.33. The Bertz CT molecular complexity index is 857. The van der Waals surface area contributed by atoms with Crippen molar-refractivity contribution in [3.05, 3.63) is 59.9 Å². The molecule has 2 aromatic heterocycles. The molecule has 1 fully saturated rings. The second-order valence-corrected chi connectivity index (χ2v) is 6.88. The molecule has 136 valence electrons. The van der Waals surface area contributed by atoms with Crippen molar-refractivity contribution in [3.8, 4) is 5.69 Å². The summed E-state index contributed by atoms with van der Waals surface area (Å²) in [6.07, 6.45) is 8.46. The van der Waals surface area contributed by atoms with E-state index in [-0.39, 0.29) is 6.10 Å². The summed E-state index contributed by atoms with van der Waals surface area (Å²) in [5, 5.41) is 12.1. The van der Waals surface area contributed by atoms with Crippen LogP contribution in [0.5, 0.6) is 0 Å². The average Bonchev–Trinajstić information content (AvgIpc) is 3.36. The Morgan fingerprint density at radius 1 is 1.31 bits per heavy atom. The summed E-state index contributed by atoms with van der Waals surface area (Å²) >= 11 is 0. The van der Waals surface area contributed by atoms with Crippen LogP contribution in [0.1, 0.15) is 29.2 Å². The van der Waals surface area contributed by atoms with Crippen molar-refractivity contribution in [2.24, 2.45) is 13.0 Å². The van der Waals surface area contributed by atoms with Gasteiger partial charge in [-0.3, -0.25) is 4.68 Å². The van der Waals surface area contributed by atoms with Crippen molar-refractivity contribution in [1.82, 2.24) is 29.9 Å². The van der Waals surface area contributed by atoms with Gasteiger partial charge in [0.1, 0.15) is 12.7 Å². The van der Waals surface area contributed by atoms with Crippen LogP contribution < -0.4 is 5.32 Å². The van der Waals surface area contributed by atoms with Gasteiger partial charge in [-0.1, -0.05) is 12.1 Å². The van der Waals surface area contributed by atoms with E-state index in [0.29, 0.717) is 5.92 Å². The fourth-order valence-electron chi connectivity index (χ4n) is 3.62. The van der Waals surface area contributed by atoms with Crippen molar-refractivity contribution in [3.63, 3.8) is 0 Å². The van der Waals surface area contributed by atoms with Crippen molar-refractivity contribution in [2.75, 3.05) is 13.2 Å². The zero-order chi connectivity index (χ0) is 17.9. The SMILES string of the molecule is Cc1cc(CNC[C@@H]2CCO[C@H]2c2cnn(C)c2)ccc1-n1cncn1. The molecule has 0 unspecified atom stereocenters. The average molecular weight is 352 g/mol. The second kappa shape index (κ2) is 7.39. The molecule has 2 atom stereocenters. The van der Waals surface area contributed by atoms with E-state index < -0.39 is 0 Å². The fourth-order valence-corrected chi connectivity index (χ4v) is 3.62. The van der Waals surface area contributed by atoms with Gasteiger partial charge < -0.3 is 10.1 Å². The van der Waals surface area contributed by atoms with Crippen LogP contribution in [0.3, 0.4) is 0 Å². The Morgan fingerprint density at radius 2 is 2.23 bits per heavy atom. The first-order valence-corrected chi connectivity index (χ1v) is 8.96. The molecular formula is C19H24N6O. The lowest BCUT2D eigenvalue weighted by Crippen LogP contribution is -2.24. The number of benzene rings is 1. The number of nitrogens with one attached hydrogen (secondary N) is 1. The molecule has 4 rings (SSSR count). The first-order valence-electron chi connectivity index (χ1n) is 8.96. The summed E-state index contributed by atoms with van der Waals surface area (Å²) in [7, 11) is 1.94. The normalized spacial score (nSPS) is 19.9. The lowest BCUT2D eigenvalue weighted by Gasteiger charge is -2.18. The van der Waals surface area contributed by atoms with Crippen molar-refractivity contribution >= 4 is 0 Å². The van der Waals surface area contributed by atoms with Crippen LogP contribution in [-0.4, -0.2) is 37.7 Å². The van der Waals surface area contributed by atoms with E-state index in [2.05, 4.69) is 51.8 Å². The predicted molar refractivity (Wildman–Crippen MR) is 97.8 cm³/mol. The van der Waals surface area contributed by atoms with Crippen LogP contribution >= 0.6 is 0 Å². The maximum absolute atomic E-state index is 5.93. The number of hydrogen-bond acceptors (Lipinski definition) is 5. The van der Waals surface area contributed by atoms with E-state index in [9.17, 15) is 0 Å². The molecule has 0 bridgehead atoms. The summed E-state index contributed by atoms with van der Waals surface area (Å²) in [5.41, 5.74) is 4.69. The fraction of sp³-hybridized carbons (Fsp3) is 0.421. The molecule has 7 nitrogen and oxygen atoms in total. The Hall–Kier alpha value is -2.51. The molecule has 1 aliphatic heterocycles. The quantitative estimate of drug-likeness (QED) is 0.736. The van der Waals surface area contributed by atoms with E-state index >= 15 is 0 Å². The molecule has 3 aromatic rings. The van der Waals surface area contributed by atoms with Gasteiger partial charge in [0.25, 0.3) is 0 Å². The Kier molecular flexibility index (Phi) is 4.81. The molecule has 0 amide bonds. The third-order valence-corrected chi connectivity index (χ3v) is 4.93. The molecule has 0 aliphatic carbocycles. The number of aryl methyl sites for hydroxylation is 2. The molecule has 1 aliphatic rings. The number of nitrogens with zero attached hydrogens (tertiary/aromatic N) is 5. The zero-order valence-electron chi connectivity index (χ0n) is 15.2. The minimum atomic E-state index is 0.146. The number of hydrogen-bond donors (Lipinski definition) is 1. The smallest absolute Gasteiger partial charge is 0.138 e. The van der Waals surface area contributed by atoms with Crippen molar-refractivity contribution < 1.29 is 4.74 Å². The summed E-state index contributed by atoms with van der Waals surface area (Å²) < 4.78 is 9.56. The molecule has 0 saturated carbocycles. The van der Waals surface area contributed by atoms with Crippen LogP contribution in [0.25, 0.3) is 5.69 Å². The van der Waals surface area contributed by atoms with Gasteiger partial charge in [0.2, 0.25) is 0 Å². The second-order valence-electron chi connectivity index (χ2n) is 6.88. The predicted octanol–water partition coefficient (Wildman–Crippen LogP) is 2.18. The van der Waals surface area contributed by atoms with E-state index in [1.807, 2.05) is 17.9 Å². The molecule has 7 heteroatoms. The van der Waals surface area contributed by atoms with Gasteiger partial charge in [0, 0.05) is 44.4 Å². The molecule has 0 spiro atoms. The van der Waals surface area contributed by atoms with Gasteiger partial charge in [-0.15, -0.1) is 0 Å². The lowest BCUT2D eigenvalue weighted by molar-refractivity contribution is 0.0904. The third-order valence-electron chi connectivity index (χ3n) is 4.93. The molecule has 1 N–H and O–H groups in total. The first-order chi connectivity index (χ1) is 12.7. The topological polar surface area (TPSA) is 69.8 Å². The minimum absolute atomic E-state index is 0.146. The van der Waals surface area contributed by atoms with Crippen LogP contribution in [0, 0.1) is 12.8 Å². The lowest BCUT2D eigenvalue weighted by atomic mass is 9.97. The standard InChI is InChI=1S/C19H24N6O/c1-14-7-15(3-4-18(14)25-13-21-12-23-25)8-20-9-16-5-6-26-19(16)17-10-22-24(2)11-17/h3-4,7,10-13,16,19-20H,5-6,8-9H2,1-2H3/t16-,19+/m0/s1. The van der Waals surface area contributed by atoms with Crippen LogP contribution in [0.4, 0.5) is 0 Å². The van der Waals surface area contributed by atoms with Gasteiger partial charge in [-0.25, -0.2) is 9.67 Å². The Morgan fingerprint density at radius 3 is 2.96 bits per heavy atom. The zero-order valence-corrected chi connectivity index (χ0v) is 15.2. The summed E-state index contributed by atoms with van der Waals surface area (Å²) in [5.74, 6) is 0.481. The number of ether oxygens (including phenoxy) is 1. The molecule has 3 heterocycles. The maximum atomic E-state index is 5.93.